The van der Waals surface area contributed by atoms with E-state index in [1.54, 1.807) is 12.3 Å². The number of pyridine rings is 2. The van der Waals surface area contributed by atoms with Gasteiger partial charge in [0, 0.05) is 24.0 Å². The van der Waals surface area contributed by atoms with Crippen molar-refractivity contribution in [3.63, 3.8) is 0 Å². The van der Waals surface area contributed by atoms with Crippen molar-refractivity contribution in [2.45, 2.75) is 6.54 Å². The van der Waals surface area contributed by atoms with Gasteiger partial charge in [0.25, 0.3) is 5.91 Å². The molecule has 0 aliphatic heterocycles. The van der Waals surface area contributed by atoms with Gasteiger partial charge < -0.3 is 15.8 Å². The average molecular weight is 573 g/mol. The molecule has 10 heteroatoms. The third-order valence-electron chi connectivity index (χ3n) is 6.93. The van der Waals surface area contributed by atoms with Crippen molar-refractivity contribution in [1.29, 1.82) is 0 Å². The Labute approximate surface area is 245 Å². The van der Waals surface area contributed by atoms with Crippen LogP contribution in [0.4, 0.5) is 10.2 Å². The molecule has 0 radical (unpaired) electrons. The lowest BCUT2D eigenvalue weighted by Crippen LogP contribution is -2.24. The van der Waals surface area contributed by atoms with Crippen LogP contribution in [0.5, 0.6) is 0 Å². The Morgan fingerprint density at radius 1 is 0.930 bits per heavy atom. The first kappa shape index (κ1) is 27.3. The first-order valence-corrected chi connectivity index (χ1v) is 13.3. The zero-order valence-electron chi connectivity index (χ0n) is 23.0. The van der Waals surface area contributed by atoms with Crippen LogP contribution in [0, 0.1) is 5.82 Å². The quantitative estimate of drug-likeness (QED) is 0.239. The molecular formula is C33H25FN6O3. The topological polar surface area (TPSA) is 125 Å². The van der Waals surface area contributed by atoms with Gasteiger partial charge >= 0.3 is 5.97 Å². The van der Waals surface area contributed by atoms with Crippen LogP contribution in [-0.2, 0) is 11.3 Å². The summed E-state index contributed by atoms with van der Waals surface area (Å²) < 4.78 is 20.9. The Balaban J connectivity index is 1.33. The van der Waals surface area contributed by atoms with Crippen LogP contribution < -0.4 is 11.1 Å². The maximum atomic E-state index is 14.4. The number of benzene rings is 3. The Kier molecular flexibility index (Phi) is 7.32. The number of halogens is 1. The van der Waals surface area contributed by atoms with E-state index in [2.05, 4.69) is 15.0 Å². The number of ether oxygens (including phenoxy) is 1. The van der Waals surface area contributed by atoms with Crippen molar-refractivity contribution in [3.05, 3.63) is 126 Å². The standard InChI is InChI=1S/C33H25FN6O3/c1-43-33(42)22-11-14-26(34)25(18-22)32(41)37-19-20-9-12-23(13-10-20)40-30(24-8-5-17-36-29(24)35)39-28-16-15-27(38-31(28)40)21-6-3-2-4-7-21/h2-18H,19H2,1H3,(H2,35,36)(H,37,41). The zero-order chi connectivity index (χ0) is 29.9. The van der Waals surface area contributed by atoms with E-state index in [1.165, 1.54) is 19.2 Å². The molecule has 43 heavy (non-hydrogen) atoms. The summed E-state index contributed by atoms with van der Waals surface area (Å²) in [5.74, 6) is -1.13. The number of carbonyl (C=O) groups is 2. The molecule has 9 nitrogen and oxygen atoms in total. The summed E-state index contributed by atoms with van der Waals surface area (Å²) in [5.41, 5.74) is 11.4. The number of rotatable bonds is 7. The number of aromatic nitrogens is 4. The van der Waals surface area contributed by atoms with Crippen LogP contribution in [0.1, 0.15) is 26.3 Å². The number of esters is 1. The molecule has 0 unspecified atom stereocenters. The van der Waals surface area contributed by atoms with E-state index in [0.717, 1.165) is 28.6 Å². The van der Waals surface area contributed by atoms with Crippen LogP contribution in [0.3, 0.4) is 0 Å². The summed E-state index contributed by atoms with van der Waals surface area (Å²) in [6.45, 7) is 0.129. The number of methoxy groups -OCH3 is 1. The fraction of sp³-hybridized carbons (Fsp3) is 0.0606. The third-order valence-corrected chi connectivity index (χ3v) is 6.93. The monoisotopic (exact) mass is 572 g/mol. The van der Waals surface area contributed by atoms with Crippen molar-refractivity contribution in [2.75, 3.05) is 12.8 Å². The summed E-state index contributed by atoms with van der Waals surface area (Å²) in [7, 11) is 1.22. The molecule has 0 saturated carbocycles. The molecule has 0 spiro atoms. The van der Waals surface area contributed by atoms with Crippen LogP contribution in [0.2, 0.25) is 0 Å². The van der Waals surface area contributed by atoms with Gasteiger partial charge in [0.2, 0.25) is 0 Å². The molecule has 1 amide bonds. The number of carbonyl (C=O) groups excluding carboxylic acids is 2. The molecule has 6 aromatic rings. The summed E-state index contributed by atoms with van der Waals surface area (Å²) in [4.78, 5) is 38.6. The van der Waals surface area contributed by atoms with Crippen LogP contribution in [0.25, 0.3) is 39.5 Å². The minimum atomic E-state index is -0.739. The molecule has 3 aromatic carbocycles. The number of imidazole rings is 1. The molecule has 0 fully saturated rings. The molecule has 0 aliphatic rings. The van der Waals surface area contributed by atoms with E-state index in [0.29, 0.717) is 28.4 Å². The summed E-state index contributed by atoms with van der Waals surface area (Å²) in [5, 5.41) is 2.71. The van der Waals surface area contributed by atoms with Crippen molar-refractivity contribution in [2.24, 2.45) is 0 Å². The van der Waals surface area contributed by atoms with Crippen molar-refractivity contribution >= 4 is 28.9 Å². The molecule has 212 valence electrons. The number of hydrogen-bond acceptors (Lipinski definition) is 7. The second kappa shape index (κ2) is 11.5. The Bertz CT molecular complexity index is 1970. The van der Waals surface area contributed by atoms with Gasteiger partial charge in [-0.2, -0.15) is 0 Å². The number of hydrogen-bond donors (Lipinski definition) is 2. The Morgan fingerprint density at radius 2 is 1.72 bits per heavy atom. The van der Waals surface area contributed by atoms with Gasteiger partial charge in [0.15, 0.2) is 11.5 Å². The molecule has 6 rings (SSSR count). The van der Waals surface area contributed by atoms with Gasteiger partial charge in [-0.1, -0.05) is 42.5 Å². The molecule has 3 heterocycles. The number of nitrogens with zero attached hydrogens (tertiary/aromatic N) is 4. The van der Waals surface area contributed by atoms with Crippen LogP contribution in [0.15, 0.2) is 103 Å². The summed E-state index contributed by atoms with van der Waals surface area (Å²) in [6, 6.07) is 28.3. The highest BCUT2D eigenvalue weighted by atomic mass is 19.1. The van der Waals surface area contributed by atoms with Gasteiger partial charge in [-0.15, -0.1) is 0 Å². The zero-order valence-corrected chi connectivity index (χ0v) is 23.0. The van der Waals surface area contributed by atoms with E-state index >= 15 is 0 Å². The number of amides is 1. The maximum Gasteiger partial charge on any atom is 0.337 e. The van der Waals surface area contributed by atoms with Crippen molar-refractivity contribution in [1.82, 2.24) is 24.8 Å². The molecule has 0 bridgehead atoms. The third kappa shape index (κ3) is 5.41. The highest BCUT2D eigenvalue weighted by Crippen LogP contribution is 2.31. The SMILES string of the molecule is COC(=O)c1ccc(F)c(C(=O)NCc2ccc(-n3c(-c4cccnc4N)nc4ccc(-c5ccccc5)nc43)cc2)c1. The summed E-state index contributed by atoms with van der Waals surface area (Å²) >= 11 is 0. The molecular weight excluding hydrogens is 547 g/mol. The van der Waals surface area contributed by atoms with E-state index in [-0.39, 0.29) is 17.7 Å². The number of nitrogens with two attached hydrogens (primary N) is 1. The van der Waals surface area contributed by atoms with Gasteiger partial charge in [0.05, 0.1) is 29.5 Å². The number of nitrogen functional groups attached to an aromatic ring is 1. The highest BCUT2D eigenvalue weighted by molar-refractivity contribution is 5.98. The molecule has 3 N–H and O–H groups in total. The lowest BCUT2D eigenvalue weighted by molar-refractivity contribution is 0.0600. The first-order chi connectivity index (χ1) is 20.9. The second-order valence-corrected chi connectivity index (χ2v) is 9.65. The second-order valence-electron chi connectivity index (χ2n) is 9.65. The minimum absolute atomic E-state index is 0.0834. The molecule has 0 saturated heterocycles. The van der Waals surface area contributed by atoms with E-state index < -0.39 is 17.7 Å². The molecule has 3 aromatic heterocycles. The van der Waals surface area contributed by atoms with Crippen molar-refractivity contribution in [3.8, 4) is 28.3 Å². The molecule has 0 aliphatic carbocycles. The highest BCUT2D eigenvalue weighted by Gasteiger charge is 2.19. The lowest BCUT2D eigenvalue weighted by Gasteiger charge is -2.12. The minimum Gasteiger partial charge on any atom is -0.465 e. The molecule has 0 atom stereocenters. The Morgan fingerprint density at radius 3 is 2.47 bits per heavy atom. The normalized spacial score (nSPS) is 10.9. The van der Waals surface area contributed by atoms with E-state index in [9.17, 15) is 14.0 Å². The van der Waals surface area contributed by atoms with Gasteiger partial charge in [0.1, 0.15) is 17.2 Å². The lowest BCUT2D eigenvalue weighted by atomic mass is 10.1. The first-order valence-electron chi connectivity index (χ1n) is 13.3. The van der Waals surface area contributed by atoms with Crippen molar-refractivity contribution < 1.29 is 18.7 Å². The predicted octanol–water partition coefficient (Wildman–Crippen LogP) is 5.59. The fourth-order valence-electron chi connectivity index (χ4n) is 4.74. The van der Waals surface area contributed by atoms with Gasteiger partial charge in [-0.05, 0) is 60.2 Å². The number of nitrogens with one attached hydrogen (secondary N) is 1. The van der Waals surface area contributed by atoms with Gasteiger partial charge in [-0.25, -0.2) is 24.1 Å². The fourth-order valence-corrected chi connectivity index (χ4v) is 4.74. The summed E-state index contributed by atoms with van der Waals surface area (Å²) in [6.07, 6.45) is 1.62. The number of fused-ring (bicyclic) bond motifs is 1. The van der Waals surface area contributed by atoms with E-state index in [4.69, 9.17) is 15.7 Å². The van der Waals surface area contributed by atoms with Crippen LogP contribution in [-0.4, -0.2) is 38.5 Å². The van der Waals surface area contributed by atoms with E-state index in [1.807, 2.05) is 77.4 Å². The van der Waals surface area contributed by atoms with Crippen LogP contribution >= 0.6 is 0 Å². The number of anilines is 1. The Hall–Kier alpha value is -5.90. The maximum absolute atomic E-state index is 14.4. The smallest absolute Gasteiger partial charge is 0.337 e. The largest absolute Gasteiger partial charge is 0.465 e. The van der Waals surface area contributed by atoms with Gasteiger partial charge in [-0.3, -0.25) is 9.36 Å². The predicted molar refractivity (Wildman–Crippen MR) is 161 cm³/mol. The average Bonchev–Trinajstić information content (AvgIpc) is 3.43.